The maximum Gasteiger partial charge on any atom is 0.410 e. The Kier molecular flexibility index (Phi) is 3.70. The predicted molar refractivity (Wildman–Crippen MR) is 68.5 cm³/mol. The highest BCUT2D eigenvalue weighted by molar-refractivity contribution is 5.68. The van der Waals surface area contributed by atoms with Gasteiger partial charge in [-0.2, -0.15) is 5.26 Å². The molecule has 0 saturated carbocycles. The largest absolute Gasteiger partial charge is 0.444 e. The highest BCUT2D eigenvalue weighted by Gasteiger charge is 2.46. The summed E-state index contributed by atoms with van der Waals surface area (Å²) in [7, 11) is 0. The molecule has 2 aliphatic heterocycles. The minimum atomic E-state index is -0.472. The second-order valence-electron chi connectivity index (χ2n) is 6.09. The molecule has 2 saturated heterocycles. The van der Waals surface area contributed by atoms with E-state index in [-0.39, 0.29) is 6.09 Å². The van der Waals surface area contributed by atoms with Gasteiger partial charge in [0, 0.05) is 26.2 Å². The Bertz CT molecular complexity index is 385. The summed E-state index contributed by atoms with van der Waals surface area (Å²) < 4.78 is 10.5. The summed E-state index contributed by atoms with van der Waals surface area (Å²) in [6.07, 6.45) is -0.275. The maximum atomic E-state index is 11.9. The lowest BCUT2D eigenvalue weighted by Crippen LogP contribution is -2.66. The van der Waals surface area contributed by atoms with Crippen LogP contribution in [0.5, 0.6) is 0 Å². The van der Waals surface area contributed by atoms with Crippen molar-refractivity contribution in [3.05, 3.63) is 0 Å². The second-order valence-corrected chi connectivity index (χ2v) is 6.09. The number of hydrogen-bond donors (Lipinski definition) is 0. The van der Waals surface area contributed by atoms with Crippen LogP contribution in [0.15, 0.2) is 0 Å². The standard InChI is InChI=1S/C13H21N3O3/c1-12(2,3)19-11(17)15-4-6-16(7-5-15)13(8-14)9-18-10-13/h4-7,9-10H2,1-3H3. The van der Waals surface area contributed by atoms with E-state index < -0.39 is 11.1 Å². The van der Waals surface area contributed by atoms with Gasteiger partial charge in [0.25, 0.3) is 0 Å². The molecular weight excluding hydrogens is 246 g/mol. The van der Waals surface area contributed by atoms with Crippen molar-refractivity contribution in [3.8, 4) is 6.07 Å². The van der Waals surface area contributed by atoms with Gasteiger partial charge in [-0.3, -0.25) is 4.90 Å². The van der Waals surface area contributed by atoms with Crippen LogP contribution in [0.1, 0.15) is 20.8 Å². The summed E-state index contributed by atoms with van der Waals surface area (Å²) >= 11 is 0. The Morgan fingerprint density at radius 2 is 1.84 bits per heavy atom. The van der Waals surface area contributed by atoms with Gasteiger partial charge in [0.2, 0.25) is 0 Å². The number of nitrogens with zero attached hydrogens (tertiary/aromatic N) is 3. The Labute approximate surface area is 113 Å². The molecule has 1 amide bonds. The van der Waals surface area contributed by atoms with Gasteiger partial charge in [-0.25, -0.2) is 4.79 Å². The molecule has 6 heteroatoms. The summed E-state index contributed by atoms with van der Waals surface area (Å²) in [4.78, 5) is 15.7. The monoisotopic (exact) mass is 267 g/mol. The predicted octanol–water partition coefficient (Wildman–Crippen LogP) is 0.832. The number of carbonyl (C=O) groups is 1. The quantitative estimate of drug-likeness (QED) is 0.704. The molecule has 19 heavy (non-hydrogen) atoms. The van der Waals surface area contributed by atoms with E-state index in [1.165, 1.54) is 0 Å². The van der Waals surface area contributed by atoms with Gasteiger partial charge in [-0.1, -0.05) is 0 Å². The Hall–Kier alpha value is -1.32. The third kappa shape index (κ3) is 2.99. The van der Waals surface area contributed by atoms with Gasteiger partial charge < -0.3 is 14.4 Å². The lowest BCUT2D eigenvalue weighted by atomic mass is 9.96. The van der Waals surface area contributed by atoms with Gasteiger partial charge in [-0.05, 0) is 20.8 Å². The van der Waals surface area contributed by atoms with Crippen molar-refractivity contribution < 1.29 is 14.3 Å². The van der Waals surface area contributed by atoms with Gasteiger partial charge >= 0.3 is 6.09 Å². The zero-order valence-electron chi connectivity index (χ0n) is 11.8. The summed E-state index contributed by atoms with van der Waals surface area (Å²) in [5.74, 6) is 0. The number of ether oxygens (including phenoxy) is 2. The van der Waals surface area contributed by atoms with Crippen LogP contribution in [0, 0.1) is 11.3 Å². The number of hydrogen-bond acceptors (Lipinski definition) is 5. The molecule has 0 aromatic heterocycles. The number of piperazine rings is 1. The lowest BCUT2D eigenvalue weighted by molar-refractivity contribution is -0.118. The molecule has 0 atom stereocenters. The first-order valence-electron chi connectivity index (χ1n) is 6.58. The molecule has 0 spiro atoms. The average molecular weight is 267 g/mol. The summed E-state index contributed by atoms with van der Waals surface area (Å²) in [6, 6.07) is 2.33. The molecule has 2 heterocycles. The van der Waals surface area contributed by atoms with E-state index >= 15 is 0 Å². The van der Waals surface area contributed by atoms with Crippen LogP contribution in [-0.2, 0) is 9.47 Å². The van der Waals surface area contributed by atoms with E-state index in [9.17, 15) is 10.1 Å². The first-order valence-corrected chi connectivity index (χ1v) is 6.58. The molecule has 0 N–H and O–H groups in total. The lowest BCUT2D eigenvalue weighted by Gasteiger charge is -2.47. The topological polar surface area (TPSA) is 65.8 Å². The molecule has 2 aliphatic rings. The maximum absolute atomic E-state index is 11.9. The van der Waals surface area contributed by atoms with Crippen molar-refractivity contribution in [2.24, 2.45) is 0 Å². The van der Waals surface area contributed by atoms with Crippen LogP contribution in [0.3, 0.4) is 0 Å². The van der Waals surface area contributed by atoms with E-state index in [1.807, 2.05) is 20.8 Å². The first kappa shape index (κ1) is 14.1. The fourth-order valence-electron chi connectivity index (χ4n) is 2.26. The molecule has 6 nitrogen and oxygen atoms in total. The van der Waals surface area contributed by atoms with Gasteiger partial charge in [0.1, 0.15) is 5.60 Å². The molecule has 0 aliphatic carbocycles. The molecule has 0 bridgehead atoms. The van der Waals surface area contributed by atoms with E-state index in [0.29, 0.717) is 39.4 Å². The van der Waals surface area contributed by atoms with Crippen molar-refractivity contribution in [2.45, 2.75) is 31.9 Å². The van der Waals surface area contributed by atoms with Crippen molar-refractivity contribution in [2.75, 3.05) is 39.4 Å². The minimum absolute atomic E-state index is 0.275. The van der Waals surface area contributed by atoms with Gasteiger partial charge in [0.15, 0.2) is 5.54 Å². The normalized spacial score (nSPS) is 23.4. The van der Waals surface area contributed by atoms with Crippen LogP contribution in [-0.4, -0.2) is 66.4 Å². The summed E-state index contributed by atoms with van der Waals surface area (Å²) in [5.41, 5.74) is -0.941. The van der Waals surface area contributed by atoms with E-state index in [1.54, 1.807) is 4.90 Å². The van der Waals surface area contributed by atoms with Crippen LogP contribution in [0.2, 0.25) is 0 Å². The van der Waals surface area contributed by atoms with Crippen LogP contribution < -0.4 is 0 Å². The first-order chi connectivity index (χ1) is 8.86. The van der Waals surface area contributed by atoms with Crippen molar-refractivity contribution in [1.29, 1.82) is 5.26 Å². The third-order valence-electron chi connectivity index (χ3n) is 3.43. The van der Waals surface area contributed by atoms with Crippen molar-refractivity contribution in [1.82, 2.24) is 9.80 Å². The highest BCUT2D eigenvalue weighted by Crippen LogP contribution is 2.25. The summed E-state index contributed by atoms with van der Waals surface area (Å²) in [5, 5.41) is 9.24. The van der Waals surface area contributed by atoms with Crippen LogP contribution >= 0.6 is 0 Å². The van der Waals surface area contributed by atoms with Gasteiger partial charge in [-0.15, -0.1) is 0 Å². The molecular formula is C13H21N3O3. The summed E-state index contributed by atoms with van der Waals surface area (Å²) in [6.45, 7) is 9.08. The molecule has 0 unspecified atom stereocenters. The fourth-order valence-corrected chi connectivity index (χ4v) is 2.26. The third-order valence-corrected chi connectivity index (χ3v) is 3.43. The molecule has 0 radical (unpaired) electrons. The van der Waals surface area contributed by atoms with Crippen molar-refractivity contribution >= 4 is 6.09 Å². The zero-order chi connectivity index (χ0) is 14.1. The number of carbonyl (C=O) groups excluding carboxylic acids is 1. The van der Waals surface area contributed by atoms with E-state index in [2.05, 4.69) is 11.0 Å². The van der Waals surface area contributed by atoms with E-state index in [0.717, 1.165) is 0 Å². The van der Waals surface area contributed by atoms with Crippen LogP contribution in [0.4, 0.5) is 4.79 Å². The number of nitriles is 1. The number of rotatable bonds is 1. The Balaban J connectivity index is 1.86. The molecule has 0 aromatic rings. The SMILES string of the molecule is CC(C)(C)OC(=O)N1CCN(C2(C#N)COC2)CC1. The van der Waals surface area contributed by atoms with Gasteiger partial charge in [0.05, 0.1) is 19.3 Å². The van der Waals surface area contributed by atoms with Crippen LogP contribution in [0.25, 0.3) is 0 Å². The Morgan fingerprint density at radius 1 is 1.26 bits per heavy atom. The molecule has 0 aromatic carbocycles. The minimum Gasteiger partial charge on any atom is -0.444 e. The molecule has 106 valence electrons. The molecule has 2 fully saturated rings. The highest BCUT2D eigenvalue weighted by atomic mass is 16.6. The smallest absolute Gasteiger partial charge is 0.410 e. The zero-order valence-corrected chi connectivity index (χ0v) is 11.8. The number of amides is 1. The van der Waals surface area contributed by atoms with Crippen molar-refractivity contribution in [3.63, 3.8) is 0 Å². The Morgan fingerprint density at radius 3 is 2.21 bits per heavy atom. The average Bonchev–Trinajstić information content (AvgIpc) is 2.27. The fraction of sp³-hybridized carbons (Fsp3) is 0.846. The van der Waals surface area contributed by atoms with E-state index in [4.69, 9.17) is 9.47 Å². The molecule has 2 rings (SSSR count). The second kappa shape index (κ2) is 4.99.